The molecule has 1 aromatic rings. The van der Waals surface area contributed by atoms with Crippen molar-refractivity contribution in [2.45, 2.75) is 58.9 Å². The third-order valence-corrected chi connectivity index (χ3v) is 7.89. The molecule has 156 valence electrons. The number of nitrogens with zero attached hydrogens (tertiary/aromatic N) is 3. The zero-order valence-electron chi connectivity index (χ0n) is 16.9. The molecule has 2 aliphatic rings. The highest BCUT2D eigenvalue weighted by Crippen LogP contribution is 2.33. The van der Waals surface area contributed by atoms with Crippen LogP contribution in [0.25, 0.3) is 0 Å². The van der Waals surface area contributed by atoms with Crippen LogP contribution in [0.4, 0.5) is 0 Å². The third-order valence-electron chi connectivity index (χ3n) is 6.01. The first-order valence-corrected chi connectivity index (χ1v) is 11.8. The van der Waals surface area contributed by atoms with E-state index in [0.29, 0.717) is 50.3 Å². The number of sulfonamides is 1. The van der Waals surface area contributed by atoms with Gasteiger partial charge in [0.15, 0.2) is 0 Å². The number of H-pyrrole nitrogens is 1. The zero-order valence-corrected chi connectivity index (χ0v) is 17.7. The van der Waals surface area contributed by atoms with Crippen LogP contribution in [0.1, 0.15) is 62.7 Å². The number of likely N-dealkylation sites (tertiary alicyclic amines) is 1. The fraction of sp³-hybridized carbons (Fsp3) is 0.737. The van der Waals surface area contributed by atoms with Crippen LogP contribution in [-0.4, -0.2) is 58.9 Å². The molecule has 1 atom stereocenters. The number of piperidine rings is 1. The smallest absolute Gasteiger partial charge is 0.254 e. The third kappa shape index (κ3) is 4.00. The molecule has 0 bridgehead atoms. The first-order valence-electron chi connectivity index (χ1n) is 10.2. The van der Waals surface area contributed by atoms with Gasteiger partial charge in [-0.2, -0.15) is 0 Å². The summed E-state index contributed by atoms with van der Waals surface area (Å²) in [6, 6.07) is -0.206. The lowest BCUT2D eigenvalue weighted by molar-refractivity contribution is -0.137. The number of carbonyl (C=O) groups excluding carboxylic acids is 1. The van der Waals surface area contributed by atoms with Crippen molar-refractivity contribution < 1.29 is 13.2 Å². The predicted octanol–water partition coefficient (Wildman–Crippen LogP) is 1.37. The molecule has 0 unspecified atom stereocenters. The maximum Gasteiger partial charge on any atom is 0.254 e. The Bertz CT molecular complexity index is 888. The number of aromatic nitrogens is 2. The van der Waals surface area contributed by atoms with E-state index in [0.717, 1.165) is 18.5 Å². The Morgan fingerprint density at radius 2 is 1.86 bits per heavy atom. The van der Waals surface area contributed by atoms with Crippen LogP contribution in [0.15, 0.2) is 4.79 Å². The van der Waals surface area contributed by atoms with Crippen LogP contribution in [-0.2, 0) is 21.2 Å². The summed E-state index contributed by atoms with van der Waals surface area (Å²) < 4.78 is 25.5. The van der Waals surface area contributed by atoms with Gasteiger partial charge in [0.2, 0.25) is 15.9 Å². The van der Waals surface area contributed by atoms with E-state index in [1.165, 1.54) is 4.31 Å². The summed E-state index contributed by atoms with van der Waals surface area (Å²) in [6.07, 6.45) is 3.36. The molecule has 2 fully saturated rings. The van der Waals surface area contributed by atoms with Crippen molar-refractivity contribution in [3.63, 3.8) is 0 Å². The molecular formula is C19H30N4O4S. The first kappa shape index (κ1) is 21.0. The van der Waals surface area contributed by atoms with Crippen LogP contribution >= 0.6 is 0 Å². The van der Waals surface area contributed by atoms with Crippen LogP contribution in [0.5, 0.6) is 0 Å². The average molecular weight is 411 g/mol. The van der Waals surface area contributed by atoms with Crippen LogP contribution in [0, 0.1) is 12.8 Å². The maximum atomic E-state index is 13.1. The number of aromatic amines is 1. The Hall–Kier alpha value is -1.74. The van der Waals surface area contributed by atoms with Crippen molar-refractivity contribution in [2.75, 3.05) is 25.4 Å². The van der Waals surface area contributed by atoms with E-state index in [1.54, 1.807) is 6.92 Å². The number of amides is 1. The fourth-order valence-electron chi connectivity index (χ4n) is 4.32. The number of hydrogen-bond donors (Lipinski definition) is 1. The van der Waals surface area contributed by atoms with Crippen LogP contribution in [0.2, 0.25) is 0 Å². The molecule has 3 heterocycles. The van der Waals surface area contributed by atoms with E-state index < -0.39 is 10.0 Å². The Morgan fingerprint density at radius 3 is 2.43 bits per heavy atom. The van der Waals surface area contributed by atoms with Gasteiger partial charge in [0.05, 0.1) is 11.8 Å². The van der Waals surface area contributed by atoms with Gasteiger partial charge < -0.3 is 9.88 Å². The summed E-state index contributed by atoms with van der Waals surface area (Å²) in [7, 11) is -3.20. The largest absolute Gasteiger partial charge is 0.332 e. The quantitative estimate of drug-likeness (QED) is 0.789. The monoisotopic (exact) mass is 410 g/mol. The van der Waals surface area contributed by atoms with Crippen LogP contribution < -0.4 is 5.56 Å². The highest BCUT2D eigenvalue weighted by Gasteiger charge is 2.38. The number of nitrogens with one attached hydrogen (secondary N) is 1. The lowest BCUT2D eigenvalue weighted by atomic mass is 9.96. The summed E-state index contributed by atoms with van der Waals surface area (Å²) in [5.41, 5.74) is 1.28. The van der Waals surface area contributed by atoms with E-state index in [9.17, 15) is 18.0 Å². The number of hydrogen-bond acceptors (Lipinski definition) is 5. The summed E-state index contributed by atoms with van der Waals surface area (Å²) in [4.78, 5) is 34.8. The van der Waals surface area contributed by atoms with Gasteiger partial charge in [-0.15, -0.1) is 0 Å². The number of aryl methyl sites for hydroxylation is 1. The molecule has 1 N–H and O–H groups in total. The summed E-state index contributed by atoms with van der Waals surface area (Å²) in [5, 5.41) is 0. The van der Waals surface area contributed by atoms with Crippen molar-refractivity contribution in [1.82, 2.24) is 19.2 Å². The molecule has 3 rings (SSSR count). The topological polar surface area (TPSA) is 103 Å². The van der Waals surface area contributed by atoms with Crippen molar-refractivity contribution in [1.29, 1.82) is 0 Å². The SMILES string of the molecule is CCc1c(C)nc([C@H]2CCCN2C(=O)C2CCN(S(=O)(=O)CC)CC2)[nH]c1=O. The van der Waals surface area contributed by atoms with Crippen molar-refractivity contribution >= 4 is 15.9 Å². The van der Waals surface area contributed by atoms with Gasteiger partial charge >= 0.3 is 0 Å². The molecule has 0 radical (unpaired) electrons. The second kappa shape index (κ2) is 8.32. The Labute approximate surface area is 166 Å². The molecule has 0 aromatic carbocycles. The lowest BCUT2D eigenvalue weighted by Gasteiger charge is -2.34. The molecule has 0 aliphatic carbocycles. The predicted molar refractivity (Wildman–Crippen MR) is 106 cm³/mol. The minimum absolute atomic E-state index is 0.0518. The molecule has 2 saturated heterocycles. The molecule has 0 spiro atoms. The molecule has 1 aromatic heterocycles. The summed E-state index contributed by atoms with van der Waals surface area (Å²) in [5.74, 6) is 0.533. The first-order chi connectivity index (χ1) is 13.3. The Morgan fingerprint density at radius 1 is 1.18 bits per heavy atom. The summed E-state index contributed by atoms with van der Waals surface area (Å²) in [6.45, 7) is 6.84. The molecule has 0 saturated carbocycles. The molecule has 9 heteroatoms. The van der Waals surface area contributed by atoms with E-state index in [-0.39, 0.29) is 29.2 Å². The van der Waals surface area contributed by atoms with Gasteiger partial charge in [0, 0.05) is 36.8 Å². The zero-order chi connectivity index (χ0) is 20.5. The van der Waals surface area contributed by atoms with Crippen molar-refractivity contribution in [3.05, 3.63) is 27.4 Å². The number of rotatable bonds is 5. The maximum absolute atomic E-state index is 13.1. The highest BCUT2D eigenvalue weighted by atomic mass is 32.2. The van der Waals surface area contributed by atoms with Gasteiger partial charge in [-0.05, 0) is 46.0 Å². The van der Waals surface area contributed by atoms with Gasteiger partial charge in [0.25, 0.3) is 5.56 Å². The molecule has 2 aliphatic heterocycles. The van der Waals surface area contributed by atoms with E-state index in [4.69, 9.17) is 0 Å². The fourth-order valence-corrected chi connectivity index (χ4v) is 5.45. The molecule has 28 heavy (non-hydrogen) atoms. The van der Waals surface area contributed by atoms with Gasteiger partial charge in [-0.1, -0.05) is 6.92 Å². The van der Waals surface area contributed by atoms with Gasteiger partial charge in [-0.3, -0.25) is 9.59 Å². The van der Waals surface area contributed by atoms with Crippen LogP contribution in [0.3, 0.4) is 0 Å². The summed E-state index contributed by atoms with van der Waals surface area (Å²) >= 11 is 0. The van der Waals surface area contributed by atoms with Crippen molar-refractivity contribution in [2.24, 2.45) is 5.92 Å². The molecule has 1 amide bonds. The normalized spacial score (nSPS) is 22.0. The van der Waals surface area contributed by atoms with Gasteiger partial charge in [0.1, 0.15) is 5.82 Å². The minimum Gasteiger partial charge on any atom is -0.332 e. The van der Waals surface area contributed by atoms with Crippen molar-refractivity contribution in [3.8, 4) is 0 Å². The van der Waals surface area contributed by atoms with Gasteiger partial charge in [-0.25, -0.2) is 17.7 Å². The standard InChI is InChI=1S/C19H30N4O4S/c1-4-15-13(3)20-17(21-18(15)24)16-7-6-10-23(16)19(25)14-8-11-22(12-9-14)28(26,27)5-2/h14,16H,4-12H2,1-3H3,(H,20,21,24)/t16-/m1/s1. The average Bonchev–Trinajstić information content (AvgIpc) is 3.17. The Balaban J connectivity index is 1.73. The van der Waals surface area contributed by atoms with E-state index in [1.807, 2.05) is 18.7 Å². The second-order valence-electron chi connectivity index (χ2n) is 7.63. The number of carbonyl (C=O) groups is 1. The van der Waals surface area contributed by atoms with E-state index >= 15 is 0 Å². The lowest BCUT2D eigenvalue weighted by Crippen LogP contribution is -2.45. The Kier molecular flexibility index (Phi) is 6.24. The van der Waals surface area contributed by atoms with E-state index in [2.05, 4.69) is 9.97 Å². The molecular weight excluding hydrogens is 380 g/mol. The highest BCUT2D eigenvalue weighted by molar-refractivity contribution is 7.89. The molecule has 8 nitrogen and oxygen atoms in total. The minimum atomic E-state index is -3.20. The second-order valence-corrected chi connectivity index (χ2v) is 9.89.